The van der Waals surface area contributed by atoms with Crippen LogP contribution in [0.1, 0.15) is 18.4 Å². The Morgan fingerprint density at radius 3 is 2.59 bits per heavy atom. The number of carbonyl (C=O) groups is 2. The number of nitrogens with one attached hydrogen (secondary N) is 1. The van der Waals surface area contributed by atoms with Crippen molar-refractivity contribution >= 4 is 23.3 Å². The number of carbonyl (C=O) groups excluding carboxylic acids is 2. The van der Waals surface area contributed by atoms with E-state index in [9.17, 15) is 19.7 Å². The van der Waals surface area contributed by atoms with Gasteiger partial charge in [-0.05, 0) is 37.1 Å². The van der Waals surface area contributed by atoms with E-state index in [1.54, 1.807) is 13.0 Å². The van der Waals surface area contributed by atoms with Gasteiger partial charge in [0.15, 0.2) is 6.61 Å². The third-order valence-electron chi connectivity index (χ3n) is 3.53. The van der Waals surface area contributed by atoms with Crippen LogP contribution in [0.5, 0.6) is 5.75 Å². The number of ether oxygens (including phenoxy) is 2. The fourth-order valence-corrected chi connectivity index (χ4v) is 2.23. The van der Waals surface area contributed by atoms with E-state index in [1.807, 2.05) is 30.3 Å². The molecular weight excluding hydrogens is 352 g/mol. The Morgan fingerprint density at radius 1 is 1.15 bits per heavy atom. The van der Waals surface area contributed by atoms with Crippen LogP contribution in [0.4, 0.5) is 11.4 Å². The average Bonchev–Trinajstić information content (AvgIpc) is 2.65. The van der Waals surface area contributed by atoms with Crippen molar-refractivity contribution in [3.05, 3.63) is 64.2 Å². The van der Waals surface area contributed by atoms with E-state index in [1.165, 1.54) is 12.1 Å². The summed E-state index contributed by atoms with van der Waals surface area (Å²) >= 11 is 0. The molecule has 0 aromatic heterocycles. The largest absolute Gasteiger partial charge is 0.494 e. The van der Waals surface area contributed by atoms with Crippen molar-refractivity contribution < 1.29 is 24.0 Å². The highest BCUT2D eigenvalue weighted by molar-refractivity contribution is 5.94. The lowest BCUT2D eigenvalue weighted by Gasteiger charge is -2.08. The maximum atomic E-state index is 11.9. The predicted octanol–water partition coefficient (Wildman–Crippen LogP) is 3.24. The quantitative estimate of drug-likeness (QED) is 0.313. The summed E-state index contributed by atoms with van der Waals surface area (Å²) in [6, 6.07) is 13.6. The first-order chi connectivity index (χ1) is 13.0. The van der Waals surface area contributed by atoms with Crippen molar-refractivity contribution in [1.29, 1.82) is 0 Å². The molecule has 0 fully saturated rings. The molecule has 2 rings (SSSR count). The molecule has 0 aliphatic rings. The topological polar surface area (TPSA) is 108 Å². The molecule has 0 bridgehead atoms. The van der Waals surface area contributed by atoms with Crippen LogP contribution in [0.3, 0.4) is 0 Å². The van der Waals surface area contributed by atoms with Crippen molar-refractivity contribution in [2.75, 3.05) is 18.5 Å². The van der Waals surface area contributed by atoms with Crippen LogP contribution in [-0.4, -0.2) is 30.0 Å². The second-order valence-electron chi connectivity index (χ2n) is 5.75. The molecule has 1 amide bonds. The van der Waals surface area contributed by atoms with Crippen LogP contribution in [0, 0.1) is 17.0 Å². The Kier molecular flexibility index (Phi) is 7.30. The summed E-state index contributed by atoms with van der Waals surface area (Å²) < 4.78 is 10.3. The molecule has 0 unspecified atom stereocenters. The van der Waals surface area contributed by atoms with Crippen LogP contribution in [0.15, 0.2) is 48.5 Å². The molecule has 0 spiro atoms. The van der Waals surface area contributed by atoms with Gasteiger partial charge >= 0.3 is 5.97 Å². The second-order valence-corrected chi connectivity index (χ2v) is 5.75. The van der Waals surface area contributed by atoms with Gasteiger partial charge in [0.05, 0.1) is 11.5 Å². The van der Waals surface area contributed by atoms with E-state index in [-0.39, 0.29) is 17.8 Å². The Balaban J connectivity index is 1.71. The van der Waals surface area contributed by atoms with E-state index >= 15 is 0 Å². The monoisotopic (exact) mass is 372 g/mol. The first kappa shape index (κ1) is 19.9. The molecule has 0 aliphatic heterocycles. The van der Waals surface area contributed by atoms with Crippen LogP contribution in [-0.2, 0) is 14.3 Å². The third-order valence-corrected chi connectivity index (χ3v) is 3.53. The van der Waals surface area contributed by atoms with Gasteiger partial charge in [0.25, 0.3) is 11.6 Å². The third kappa shape index (κ3) is 6.77. The highest BCUT2D eigenvalue weighted by Crippen LogP contribution is 2.25. The molecule has 0 heterocycles. The molecule has 1 N–H and O–H groups in total. The summed E-state index contributed by atoms with van der Waals surface area (Å²) in [7, 11) is 0. The summed E-state index contributed by atoms with van der Waals surface area (Å²) in [5.74, 6) is -0.471. The number of benzene rings is 2. The highest BCUT2D eigenvalue weighted by Gasteiger charge is 2.16. The fraction of sp³-hybridized carbons (Fsp3) is 0.263. The molecule has 8 nitrogen and oxygen atoms in total. The summed E-state index contributed by atoms with van der Waals surface area (Å²) in [5, 5.41) is 13.4. The number of aryl methyl sites for hydroxylation is 1. The van der Waals surface area contributed by atoms with Gasteiger partial charge in [0.1, 0.15) is 11.4 Å². The Labute approximate surface area is 156 Å². The Morgan fingerprint density at radius 2 is 1.89 bits per heavy atom. The van der Waals surface area contributed by atoms with Crippen LogP contribution in [0.25, 0.3) is 0 Å². The first-order valence-corrected chi connectivity index (χ1v) is 8.34. The average molecular weight is 372 g/mol. The second kappa shape index (κ2) is 9.91. The lowest BCUT2D eigenvalue weighted by Crippen LogP contribution is -2.21. The molecule has 0 aliphatic carbocycles. The number of nitrogens with zero attached hydrogens (tertiary/aromatic N) is 1. The van der Waals surface area contributed by atoms with Crippen LogP contribution in [0.2, 0.25) is 0 Å². The fourth-order valence-electron chi connectivity index (χ4n) is 2.23. The molecule has 0 radical (unpaired) electrons. The van der Waals surface area contributed by atoms with Gasteiger partial charge in [-0.1, -0.05) is 24.3 Å². The molecule has 2 aromatic carbocycles. The van der Waals surface area contributed by atoms with Crippen LogP contribution < -0.4 is 10.1 Å². The van der Waals surface area contributed by atoms with Crippen molar-refractivity contribution in [1.82, 2.24) is 0 Å². The van der Waals surface area contributed by atoms with E-state index < -0.39 is 23.4 Å². The van der Waals surface area contributed by atoms with E-state index in [0.29, 0.717) is 24.3 Å². The number of hydrogen-bond acceptors (Lipinski definition) is 6. The van der Waals surface area contributed by atoms with Gasteiger partial charge in [-0.2, -0.15) is 0 Å². The lowest BCUT2D eigenvalue weighted by molar-refractivity contribution is -0.384. The van der Waals surface area contributed by atoms with Crippen molar-refractivity contribution in [2.24, 2.45) is 0 Å². The molecule has 0 saturated carbocycles. The van der Waals surface area contributed by atoms with Gasteiger partial charge in [-0.3, -0.25) is 19.7 Å². The summed E-state index contributed by atoms with van der Waals surface area (Å²) in [6.07, 6.45) is 0.545. The number of esters is 1. The summed E-state index contributed by atoms with van der Waals surface area (Å²) in [4.78, 5) is 34.0. The zero-order valence-corrected chi connectivity index (χ0v) is 14.8. The zero-order chi connectivity index (χ0) is 19.6. The minimum absolute atomic E-state index is 0.0583. The standard InChI is InChI=1S/C19H20N2O6/c1-14-9-10-16(17(12-14)21(24)25)20-18(22)13-27-19(23)8-5-11-26-15-6-3-2-4-7-15/h2-4,6-7,9-10,12H,5,8,11,13H2,1H3,(H,20,22). The van der Waals surface area contributed by atoms with Gasteiger partial charge < -0.3 is 14.8 Å². The van der Waals surface area contributed by atoms with Crippen molar-refractivity contribution in [3.8, 4) is 5.75 Å². The van der Waals surface area contributed by atoms with Gasteiger partial charge in [-0.15, -0.1) is 0 Å². The van der Waals surface area contributed by atoms with E-state index in [4.69, 9.17) is 9.47 Å². The predicted molar refractivity (Wildman–Crippen MR) is 98.6 cm³/mol. The number of nitro benzene ring substituents is 1. The zero-order valence-electron chi connectivity index (χ0n) is 14.8. The number of amides is 1. The van der Waals surface area contributed by atoms with Gasteiger partial charge in [0.2, 0.25) is 0 Å². The first-order valence-electron chi connectivity index (χ1n) is 8.34. The van der Waals surface area contributed by atoms with Gasteiger partial charge in [-0.25, -0.2) is 0 Å². The Hall–Kier alpha value is -3.42. The maximum Gasteiger partial charge on any atom is 0.306 e. The van der Waals surface area contributed by atoms with Crippen molar-refractivity contribution in [3.63, 3.8) is 0 Å². The summed E-state index contributed by atoms with van der Waals surface area (Å²) in [5.41, 5.74) is 0.541. The number of anilines is 1. The number of para-hydroxylation sites is 1. The SMILES string of the molecule is Cc1ccc(NC(=O)COC(=O)CCCOc2ccccc2)c([N+](=O)[O-])c1. The number of hydrogen-bond donors (Lipinski definition) is 1. The molecule has 0 atom stereocenters. The molecular formula is C19H20N2O6. The highest BCUT2D eigenvalue weighted by atomic mass is 16.6. The molecule has 2 aromatic rings. The van der Waals surface area contributed by atoms with Crippen molar-refractivity contribution in [2.45, 2.75) is 19.8 Å². The maximum absolute atomic E-state index is 11.9. The van der Waals surface area contributed by atoms with Gasteiger partial charge in [0, 0.05) is 12.5 Å². The number of rotatable bonds is 9. The molecule has 8 heteroatoms. The van der Waals surface area contributed by atoms with E-state index in [0.717, 1.165) is 0 Å². The summed E-state index contributed by atoms with van der Waals surface area (Å²) in [6.45, 7) is 1.55. The molecule has 27 heavy (non-hydrogen) atoms. The lowest BCUT2D eigenvalue weighted by atomic mass is 10.2. The van der Waals surface area contributed by atoms with E-state index in [2.05, 4.69) is 5.32 Å². The Bertz CT molecular complexity index is 807. The normalized spacial score (nSPS) is 10.1. The number of nitro groups is 1. The smallest absolute Gasteiger partial charge is 0.306 e. The molecule has 142 valence electrons. The molecule has 0 saturated heterocycles. The minimum Gasteiger partial charge on any atom is -0.494 e. The van der Waals surface area contributed by atoms with Crippen LogP contribution >= 0.6 is 0 Å². The minimum atomic E-state index is -0.643.